The fourth-order valence-electron chi connectivity index (χ4n) is 2.82. The van der Waals surface area contributed by atoms with Crippen LogP contribution in [0, 0.1) is 11.8 Å². The molecule has 2 aromatic rings. The molecule has 3 rings (SSSR count). The van der Waals surface area contributed by atoms with E-state index >= 15 is 0 Å². The Morgan fingerprint density at radius 1 is 1.25 bits per heavy atom. The van der Waals surface area contributed by atoms with Gasteiger partial charge in [0.15, 0.2) is 0 Å². The summed E-state index contributed by atoms with van der Waals surface area (Å²) in [5.41, 5.74) is 1.08. The van der Waals surface area contributed by atoms with Crippen molar-refractivity contribution >= 4 is 22.7 Å². The van der Waals surface area contributed by atoms with Crippen molar-refractivity contribution in [2.24, 2.45) is 11.8 Å². The first-order valence-electron chi connectivity index (χ1n) is 6.94. The van der Waals surface area contributed by atoms with E-state index in [1.807, 2.05) is 24.3 Å². The molecule has 1 aromatic carbocycles. The van der Waals surface area contributed by atoms with Gasteiger partial charge < -0.3 is 10.0 Å². The van der Waals surface area contributed by atoms with Crippen LogP contribution in [0.3, 0.4) is 0 Å². The number of aromatic carboxylic acids is 1. The second-order valence-electron chi connectivity index (χ2n) is 5.71. The quantitative estimate of drug-likeness (QED) is 0.911. The molecule has 2 unspecified atom stereocenters. The van der Waals surface area contributed by atoms with Crippen molar-refractivity contribution in [1.82, 2.24) is 4.98 Å². The zero-order chi connectivity index (χ0) is 14.3. The van der Waals surface area contributed by atoms with Crippen LogP contribution in [0.25, 0.3) is 10.9 Å². The molecule has 0 radical (unpaired) electrons. The monoisotopic (exact) mass is 270 g/mol. The van der Waals surface area contributed by atoms with Gasteiger partial charge >= 0.3 is 5.97 Å². The van der Waals surface area contributed by atoms with E-state index in [1.54, 1.807) is 6.07 Å². The van der Waals surface area contributed by atoms with Gasteiger partial charge in [0.1, 0.15) is 5.82 Å². The van der Waals surface area contributed by atoms with Crippen LogP contribution >= 0.6 is 0 Å². The summed E-state index contributed by atoms with van der Waals surface area (Å²) >= 11 is 0. The molecule has 0 aliphatic carbocycles. The Bertz CT molecular complexity index is 659. The summed E-state index contributed by atoms with van der Waals surface area (Å²) in [5, 5.41) is 10.1. The lowest BCUT2D eigenvalue weighted by Gasteiger charge is -2.18. The van der Waals surface area contributed by atoms with Crippen molar-refractivity contribution in [1.29, 1.82) is 0 Å². The summed E-state index contributed by atoms with van der Waals surface area (Å²) in [7, 11) is 0. The fourth-order valence-corrected chi connectivity index (χ4v) is 2.82. The van der Waals surface area contributed by atoms with Gasteiger partial charge in [0, 0.05) is 18.5 Å². The number of para-hydroxylation sites is 1. The summed E-state index contributed by atoms with van der Waals surface area (Å²) in [5.74, 6) is 1.09. The number of nitrogens with zero attached hydrogens (tertiary/aromatic N) is 2. The second-order valence-corrected chi connectivity index (χ2v) is 5.71. The molecule has 4 nitrogen and oxygen atoms in total. The lowest BCUT2D eigenvalue weighted by molar-refractivity contribution is 0.0699. The highest BCUT2D eigenvalue weighted by Gasteiger charge is 2.27. The van der Waals surface area contributed by atoms with Crippen LogP contribution in [-0.4, -0.2) is 29.1 Å². The third-order valence-corrected chi connectivity index (χ3v) is 4.25. The zero-order valence-electron chi connectivity index (χ0n) is 11.7. The first-order chi connectivity index (χ1) is 9.56. The van der Waals surface area contributed by atoms with E-state index in [0.29, 0.717) is 22.8 Å². The van der Waals surface area contributed by atoms with Gasteiger partial charge in [-0.2, -0.15) is 0 Å². The van der Waals surface area contributed by atoms with Gasteiger partial charge in [-0.3, -0.25) is 0 Å². The standard InChI is InChI=1S/C16H18N2O2/c1-10-8-18(9-11(10)2)15-7-13(16(19)20)12-5-3-4-6-14(12)17-15/h3-7,10-11H,8-9H2,1-2H3,(H,19,20). The largest absolute Gasteiger partial charge is 0.478 e. The third kappa shape index (κ3) is 2.11. The van der Waals surface area contributed by atoms with Crippen LogP contribution in [0.1, 0.15) is 24.2 Å². The van der Waals surface area contributed by atoms with Crippen LogP contribution in [0.4, 0.5) is 5.82 Å². The number of hydrogen-bond acceptors (Lipinski definition) is 3. The predicted octanol–water partition coefficient (Wildman–Crippen LogP) is 3.03. The molecular weight excluding hydrogens is 252 g/mol. The van der Waals surface area contributed by atoms with Crippen LogP contribution in [0.2, 0.25) is 0 Å². The maximum Gasteiger partial charge on any atom is 0.336 e. The third-order valence-electron chi connectivity index (χ3n) is 4.25. The smallest absolute Gasteiger partial charge is 0.336 e. The number of hydrogen-bond donors (Lipinski definition) is 1. The van der Waals surface area contributed by atoms with Gasteiger partial charge in [-0.15, -0.1) is 0 Å². The Hall–Kier alpha value is -2.10. The Morgan fingerprint density at radius 3 is 2.55 bits per heavy atom. The molecule has 20 heavy (non-hydrogen) atoms. The number of aromatic nitrogens is 1. The number of rotatable bonds is 2. The van der Waals surface area contributed by atoms with Gasteiger partial charge in [-0.05, 0) is 24.0 Å². The van der Waals surface area contributed by atoms with E-state index in [1.165, 1.54) is 0 Å². The first kappa shape index (κ1) is 12.9. The normalized spacial score (nSPS) is 22.4. The topological polar surface area (TPSA) is 53.4 Å². The minimum Gasteiger partial charge on any atom is -0.478 e. The summed E-state index contributed by atoms with van der Waals surface area (Å²) in [6.07, 6.45) is 0. The van der Waals surface area contributed by atoms with E-state index in [-0.39, 0.29) is 0 Å². The highest BCUT2D eigenvalue weighted by atomic mass is 16.4. The molecule has 1 aromatic heterocycles. The van der Waals surface area contributed by atoms with Crippen molar-refractivity contribution in [3.8, 4) is 0 Å². The number of anilines is 1. The maximum absolute atomic E-state index is 11.5. The molecule has 4 heteroatoms. The highest BCUT2D eigenvalue weighted by molar-refractivity contribution is 6.03. The van der Waals surface area contributed by atoms with E-state index in [4.69, 9.17) is 0 Å². The van der Waals surface area contributed by atoms with Crippen LogP contribution in [0.15, 0.2) is 30.3 Å². The number of carbonyl (C=O) groups is 1. The Balaban J connectivity index is 2.11. The molecule has 1 N–H and O–H groups in total. The molecule has 1 fully saturated rings. The average Bonchev–Trinajstić information content (AvgIpc) is 2.77. The van der Waals surface area contributed by atoms with E-state index in [0.717, 1.165) is 24.4 Å². The molecule has 1 aliphatic heterocycles. The van der Waals surface area contributed by atoms with Crippen LogP contribution in [0.5, 0.6) is 0 Å². The summed E-state index contributed by atoms with van der Waals surface area (Å²) in [6, 6.07) is 9.12. The molecule has 104 valence electrons. The van der Waals surface area contributed by atoms with Gasteiger partial charge in [0.2, 0.25) is 0 Å². The van der Waals surface area contributed by atoms with E-state index < -0.39 is 5.97 Å². The second kappa shape index (κ2) is 4.78. The molecule has 0 bridgehead atoms. The van der Waals surface area contributed by atoms with E-state index in [9.17, 15) is 9.90 Å². The number of benzene rings is 1. The summed E-state index contributed by atoms with van der Waals surface area (Å²) in [4.78, 5) is 18.3. The Labute approximate surface area is 118 Å². The summed E-state index contributed by atoms with van der Waals surface area (Å²) < 4.78 is 0. The SMILES string of the molecule is CC1CN(c2cc(C(=O)O)c3ccccc3n2)CC1C. The van der Waals surface area contributed by atoms with Gasteiger partial charge in [-0.1, -0.05) is 32.0 Å². The molecule has 1 saturated heterocycles. The van der Waals surface area contributed by atoms with Gasteiger partial charge in [-0.25, -0.2) is 9.78 Å². The van der Waals surface area contributed by atoms with Crippen molar-refractivity contribution in [2.45, 2.75) is 13.8 Å². The molecule has 0 amide bonds. The van der Waals surface area contributed by atoms with Crippen molar-refractivity contribution in [3.05, 3.63) is 35.9 Å². The lowest BCUT2D eigenvalue weighted by Crippen LogP contribution is -2.21. The van der Waals surface area contributed by atoms with E-state index in [2.05, 4.69) is 23.7 Å². The minimum atomic E-state index is -0.898. The molecule has 2 heterocycles. The van der Waals surface area contributed by atoms with Crippen LogP contribution < -0.4 is 4.90 Å². The van der Waals surface area contributed by atoms with Gasteiger partial charge in [0.25, 0.3) is 0 Å². The molecular formula is C16H18N2O2. The Kier molecular flexibility index (Phi) is 3.08. The van der Waals surface area contributed by atoms with Crippen molar-refractivity contribution < 1.29 is 9.90 Å². The average molecular weight is 270 g/mol. The fraction of sp³-hybridized carbons (Fsp3) is 0.375. The van der Waals surface area contributed by atoms with Gasteiger partial charge in [0.05, 0.1) is 11.1 Å². The Morgan fingerprint density at radius 2 is 1.90 bits per heavy atom. The van der Waals surface area contributed by atoms with Crippen LogP contribution in [-0.2, 0) is 0 Å². The van der Waals surface area contributed by atoms with Crippen molar-refractivity contribution in [3.63, 3.8) is 0 Å². The lowest BCUT2D eigenvalue weighted by atomic mass is 10.0. The maximum atomic E-state index is 11.5. The number of carboxylic acids is 1. The minimum absolute atomic E-state index is 0.331. The predicted molar refractivity (Wildman–Crippen MR) is 79.2 cm³/mol. The molecule has 0 spiro atoms. The molecule has 0 saturated carbocycles. The number of pyridine rings is 1. The zero-order valence-corrected chi connectivity index (χ0v) is 11.7. The first-order valence-corrected chi connectivity index (χ1v) is 6.94. The number of carboxylic acid groups (broad SMARTS) is 1. The molecule has 1 aliphatic rings. The number of fused-ring (bicyclic) bond motifs is 1. The van der Waals surface area contributed by atoms with Crippen molar-refractivity contribution in [2.75, 3.05) is 18.0 Å². The highest BCUT2D eigenvalue weighted by Crippen LogP contribution is 2.29. The molecule has 2 atom stereocenters. The summed E-state index contributed by atoms with van der Waals surface area (Å²) in [6.45, 7) is 6.32.